The number of fused-ring (bicyclic) bond motifs is 1. The van der Waals surface area contributed by atoms with Crippen LogP contribution in [-0.4, -0.2) is 25.2 Å². The van der Waals surface area contributed by atoms with Crippen LogP contribution in [0.5, 0.6) is 11.5 Å². The van der Waals surface area contributed by atoms with Crippen molar-refractivity contribution in [3.8, 4) is 11.5 Å². The molecule has 5 heteroatoms. The maximum Gasteiger partial charge on any atom is 0.264 e. The van der Waals surface area contributed by atoms with Gasteiger partial charge in [0.15, 0.2) is 11.5 Å². The largest absolute Gasteiger partial charge is 0.485 e. The van der Waals surface area contributed by atoms with E-state index in [-0.39, 0.29) is 23.7 Å². The first-order valence-electron chi connectivity index (χ1n) is 8.09. The first-order valence-corrected chi connectivity index (χ1v) is 8.09. The second-order valence-corrected chi connectivity index (χ2v) is 6.37. The molecule has 0 spiro atoms. The van der Waals surface area contributed by atoms with Crippen molar-refractivity contribution in [1.82, 2.24) is 5.32 Å². The maximum atomic E-state index is 13.1. The summed E-state index contributed by atoms with van der Waals surface area (Å²) in [4.78, 5) is 12.4. The summed E-state index contributed by atoms with van der Waals surface area (Å²) in [5.41, 5.74) is 0.993. The van der Waals surface area contributed by atoms with Gasteiger partial charge in [-0.1, -0.05) is 24.3 Å². The second-order valence-electron chi connectivity index (χ2n) is 6.37. The molecule has 2 aromatic rings. The fourth-order valence-corrected chi connectivity index (χ4v) is 3.04. The zero-order chi connectivity index (χ0) is 16.6. The number of nitrogens with one attached hydrogen (secondary N) is 1. The number of amides is 1. The fraction of sp³-hybridized carbons (Fsp3) is 0.316. The number of para-hydroxylation sites is 2. The van der Waals surface area contributed by atoms with Crippen molar-refractivity contribution in [3.63, 3.8) is 0 Å². The molecule has 4 rings (SSSR count). The van der Waals surface area contributed by atoms with Crippen LogP contribution in [-0.2, 0) is 10.2 Å². The van der Waals surface area contributed by atoms with Gasteiger partial charge in [0.2, 0.25) is 6.10 Å². The number of halogens is 1. The van der Waals surface area contributed by atoms with E-state index in [1.807, 2.05) is 18.2 Å². The van der Waals surface area contributed by atoms with Crippen LogP contribution in [0.3, 0.4) is 0 Å². The number of rotatable bonds is 4. The highest BCUT2D eigenvalue weighted by Crippen LogP contribution is 2.47. The molecule has 2 aromatic carbocycles. The number of carbonyl (C=O) groups excluding carboxylic acids is 1. The lowest BCUT2D eigenvalue weighted by molar-refractivity contribution is -0.130. The lowest BCUT2D eigenvalue weighted by atomic mass is 9.96. The van der Waals surface area contributed by atoms with Crippen molar-refractivity contribution in [3.05, 3.63) is 59.9 Å². The van der Waals surface area contributed by atoms with Crippen molar-refractivity contribution < 1.29 is 18.7 Å². The number of hydrogen-bond donors (Lipinski definition) is 1. The third-order valence-electron chi connectivity index (χ3n) is 4.71. The van der Waals surface area contributed by atoms with E-state index in [1.54, 1.807) is 18.2 Å². The molecule has 1 saturated carbocycles. The van der Waals surface area contributed by atoms with Crippen molar-refractivity contribution in [1.29, 1.82) is 0 Å². The van der Waals surface area contributed by atoms with Crippen LogP contribution < -0.4 is 14.8 Å². The van der Waals surface area contributed by atoms with Gasteiger partial charge >= 0.3 is 0 Å². The number of hydrogen-bond acceptors (Lipinski definition) is 3. The SMILES string of the molecule is O=C(NCC1(c2ccc(F)cc2)CC1)C1COc2ccccc2O1. The summed E-state index contributed by atoms with van der Waals surface area (Å²) in [6, 6.07) is 13.8. The average Bonchev–Trinajstić information content (AvgIpc) is 3.41. The predicted molar refractivity (Wildman–Crippen MR) is 86.7 cm³/mol. The minimum Gasteiger partial charge on any atom is -0.485 e. The zero-order valence-electron chi connectivity index (χ0n) is 13.1. The standard InChI is InChI=1S/C19H18FNO3/c20-14-7-5-13(6-8-14)19(9-10-19)12-21-18(22)17-11-23-15-3-1-2-4-16(15)24-17/h1-8,17H,9-12H2,(H,21,22). The van der Waals surface area contributed by atoms with Crippen molar-refractivity contribution in [2.75, 3.05) is 13.2 Å². The van der Waals surface area contributed by atoms with Crippen LogP contribution in [0.4, 0.5) is 4.39 Å². The topological polar surface area (TPSA) is 47.6 Å². The van der Waals surface area contributed by atoms with Crippen LogP contribution in [0.15, 0.2) is 48.5 Å². The summed E-state index contributed by atoms with van der Waals surface area (Å²) >= 11 is 0. The van der Waals surface area contributed by atoms with E-state index >= 15 is 0 Å². The molecule has 1 atom stereocenters. The van der Waals surface area contributed by atoms with Gasteiger partial charge in [0.25, 0.3) is 5.91 Å². The molecule has 0 radical (unpaired) electrons. The quantitative estimate of drug-likeness (QED) is 0.939. The Morgan fingerprint density at radius 2 is 1.83 bits per heavy atom. The molecular weight excluding hydrogens is 309 g/mol. The lowest BCUT2D eigenvalue weighted by Gasteiger charge is -2.26. The van der Waals surface area contributed by atoms with Gasteiger partial charge in [-0.05, 0) is 42.7 Å². The van der Waals surface area contributed by atoms with E-state index in [0.717, 1.165) is 18.4 Å². The molecule has 1 aliphatic carbocycles. The molecule has 0 saturated heterocycles. The van der Waals surface area contributed by atoms with Gasteiger partial charge < -0.3 is 14.8 Å². The Hall–Kier alpha value is -2.56. The zero-order valence-corrected chi connectivity index (χ0v) is 13.1. The van der Waals surface area contributed by atoms with Crippen LogP contribution in [0.1, 0.15) is 18.4 Å². The molecular formula is C19H18FNO3. The van der Waals surface area contributed by atoms with E-state index in [1.165, 1.54) is 12.1 Å². The van der Waals surface area contributed by atoms with Gasteiger partial charge in [-0.15, -0.1) is 0 Å². The highest BCUT2D eigenvalue weighted by atomic mass is 19.1. The Balaban J connectivity index is 1.38. The van der Waals surface area contributed by atoms with Crippen LogP contribution in [0, 0.1) is 5.82 Å². The van der Waals surface area contributed by atoms with Crippen LogP contribution in [0.25, 0.3) is 0 Å². The van der Waals surface area contributed by atoms with Gasteiger partial charge in [0.1, 0.15) is 12.4 Å². The molecule has 24 heavy (non-hydrogen) atoms. The molecule has 0 aromatic heterocycles. The molecule has 124 valence electrons. The van der Waals surface area contributed by atoms with E-state index in [4.69, 9.17) is 9.47 Å². The van der Waals surface area contributed by atoms with Gasteiger partial charge in [0.05, 0.1) is 0 Å². The Bertz CT molecular complexity index is 755. The molecule has 1 amide bonds. The third-order valence-corrected chi connectivity index (χ3v) is 4.71. The van der Waals surface area contributed by atoms with Crippen molar-refractivity contribution in [2.45, 2.75) is 24.4 Å². The van der Waals surface area contributed by atoms with E-state index in [2.05, 4.69) is 5.32 Å². The first kappa shape index (κ1) is 15.0. The molecule has 1 heterocycles. The van der Waals surface area contributed by atoms with E-state index in [0.29, 0.717) is 18.0 Å². The molecule has 2 aliphatic rings. The molecule has 1 aliphatic heterocycles. The van der Waals surface area contributed by atoms with Crippen LogP contribution in [0.2, 0.25) is 0 Å². The summed E-state index contributed by atoms with van der Waals surface area (Å²) in [6.07, 6.45) is 1.33. The third kappa shape index (κ3) is 2.82. The second kappa shape index (κ2) is 5.82. The molecule has 4 nitrogen and oxygen atoms in total. The van der Waals surface area contributed by atoms with Crippen molar-refractivity contribution >= 4 is 5.91 Å². The molecule has 1 N–H and O–H groups in total. The Labute approximate surface area is 139 Å². The van der Waals surface area contributed by atoms with E-state index < -0.39 is 6.10 Å². The summed E-state index contributed by atoms with van der Waals surface area (Å²) in [5, 5.41) is 2.96. The lowest BCUT2D eigenvalue weighted by Crippen LogP contribution is -2.46. The predicted octanol–water partition coefficient (Wildman–Crippen LogP) is 2.81. The Kier molecular flexibility index (Phi) is 3.63. The molecule has 1 fully saturated rings. The summed E-state index contributed by atoms with van der Waals surface area (Å²) < 4.78 is 24.4. The Morgan fingerprint density at radius 3 is 2.54 bits per heavy atom. The Morgan fingerprint density at radius 1 is 1.12 bits per heavy atom. The van der Waals surface area contributed by atoms with Crippen molar-refractivity contribution in [2.24, 2.45) is 0 Å². The number of carbonyl (C=O) groups is 1. The molecule has 1 unspecified atom stereocenters. The first-order chi connectivity index (χ1) is 11.7. The van der Waals surface area contributed by atoms with Gasteiger partial charge in [-0.2, -0.15) is 0 Å². The summed E-state index contributed by atoms with van der Waals surface area (Å²) in [7, 11) is 0. The van der Waals surface area contributed by atoms with Gasteiger partial charge in [0, 0.05) is 12.0 Å². The number of ether oxygens (including phenoxy) is 2. The smallest absolute Gasteiger partial charge is 0.264 e. The summed E-state index contributed by atoms with van der Waals surface area (Å²) in [6.45, 7) is 0.728. The maximum absolute atomic E-state index is 13.1. The van der Waals surface area contributed by atoms with Gasteiger partial charge in [-0.3, -0.25) is 4.79 Å². The molecule has 0 bridgehead atoms. The minimum atomic E-state index is -0.649. The highest BCUT2D eigenvalue weighted by molar-refractivity contribution is 5.82. The normalized spacial score (nSPS) is 20.3. The highest BCUT2D eigenvalue weighted by Gasteiger charge is 2.44. The minimum absolute atomic E-state index is 0.0726. The fourth-order valence-electron chi connectivity index (χ4n) is 3.04. The average molecular weight is 327 g/mol. The number of benzene rings is 2. The monoisotopic (exact) mass is 327 g/mol. The van der Waals surface area contributed by atoms with Crippen LogP contribution >= 0.6 is 0 Å². The van der Waals surface area contributed by atoms with E-state index in [9.17, 15) is 9.18 Å². The summed E-state index contributed by atoms with van der Waals surface area (Å²) in [5.74, 6) is 0.818. The van der Waals surface area contributed by atoms with Gasteiger partial charge in [-0.25, -0.2) is 4.39 Å².